The predicted octanol–water partition coefficient (Wildman–Crippen LogP) is 4.10. The van der Waals surface area contributed by atoms with Crippen molar-refractivity contribution in [3.05, 3.63) is 64.8 Å². The van der Waals surface area contributed by atoms with Crippen molar-refractivity contribution in [3.63, 3.8) is 0 Å². The normalized spacial score (nSPS) is 10.8. The van der Waals surface area contributed by atoms with Crippen molar-refractivity contribution in [2.45, 2.75) is 20.8 Å². The summed E-state index contributed by atoms with van der Waals surface area (Å²) in [5, 5.41) is 0.782. The Hall–Kier alpha value is -2.88. The van der Waals surface area contributed by atoms with Gasteiger partial charge in [0.05, 0.1) is 5.52 Å². The van der Waals surface area contributed by atoms with Crippen molar-refractivity contribution in [3.8, 4) is 5.75 Å². The van der Waals surface area contributed by atoms with E-state index in [-0.39, 0.29) is 12.5 Å². The lowest BCUT2D eigenvalue weighted by atomic mass is 10.1. The first-order chi connectivity index (χ1) is 11.5. The number of para-hydroxylation sites is 1. The molecule has 0 saturated carbocycles. The lowest BCUT2D eigenvalue weighted by Crippen LogP contribution is -2.20. The molecule has 122 valence electrons. The number of hydrogen-bond acceptors (Lipinski definition) is 3. The Morgan fingerprint density at radius 1 is 1.12 bits per heavy atom. The van der Waals surface area contributed by atoms with Gasteiger partial charge in [0.25, 0.3) is 5.91 Å². The summed E-state index contributed by atoms with van der Waals surface area (Å²) in [6.45, 7) is 5.66. The molecule has 0 aliphatic heterocycles. The standard InChI is InChI=1S/C20H19NO3/c1-13-8-9-19(14(2)10-13)24-12-20(23)21-15(3)17(11-22)16-6-4-5-7-18(16)21/h4-11H,12H2,1-3H3. The van der Waals surface area contributed by atoms with Gasteiger partial charge in [-0.1, -0.05) is 35.9 Å². The van der Waals surface area contributed by atoms with Crippen LogP contribution in [0.3, 0.4) is 0 Å². The molecule has 0 fully saturated rings. The van der Waals surface area contributed by atoms with Crippen molar-refractivity contribution in [1.82, 2.24) is 4.57 Å². The number of hydrogen-bond donors (Lipinski definition) is 0. The van der Waals surface area contributed by atoms with E-state index < -0.39 is 0 Å². The van der Waals surface area contributed by atoms with Gasteiger partial charge in [0.2, 0.25) is 0 Å². The third kappa shape index (κ3) is 2.71. The third-order valence-electron chi connectivity index (χ3n) is 4.21. The SMILES string of the molecule is Cc1ccc(OCC(=O)n2c(C)c(C=O)c3ccccc32)c(C)c1. The lowest BCUT2D eigenvalue weighted by molar-refractivity contribution is 0.0840. The first kappa shape index (κ1) is 16.0. The van der Waals surface area contributed by atoms with Gasteiger partial charge >= 0.3 is 0 Å². The van der Waals surface area contributed by atoms with Crippen molar-refractivity contribution in [1.29, 1.82) is 0 Å². The van der Waals surface area contributed by atoms with Gasteiger partial charge in [-0.15, -0.1) is 0 Å². The van der Waals surface area contributed by atoms with Gasteiger partial charge in [-0.05, 0) is 38.5 Å². The lowest BCUT2D eigenvalue weighted by Gasteiger charge is -2.11. The number of nitrogens with zero attached hydrogens (tertiary/aromatic N) is 1. The second kappa shape index (κ2) is 6.32. The zero-order valence-corrected chi connectivity index (χ0v) is 14.0. The number of ether oxygens (including phenoxy) is 1. The Labute approximate surface area is 140 Å². The Morgan fingerprint density at radius 3 is 2.58 bits per heavy atom. The van der Waals surface area contributed by atoms with E-state index in [0.29, 0.717) is 17.0 Å². The number of aromatic nitrogens is 1. The van der Waals surface area contributed by atoms with Crippen LogP contribution in [0.15, 0.2) is 42.5 Å². The van der Waals surface area contributed by atoms with E-state index in [1.54, 1.807) is 11.5 Å². The summed E-state index contributed by atoms with van der Waals surface area (Å²) in [5.41, 5.74) is 4.05. The van der Waals surface area contributed by atoms with E-state index in [2.05, 4.69) is 0 Å². The molecule has 0 amide bonds. The van der Waals surface area contributed by atoms with Crippen LogP contribution in [-0.2, 0) is 0 Å². The van der Waals surface area contributed by atoms with Crippen LogP contribution in [0.25, 0.3) is 10.9 Å². The van der Waals surface area contributed by atoms with Crippen LogP contribution >= 0.6 is 0 Å². The number of benzene rings is 2. The molecule has 4 heteroatoms. The molecule has 0 N–H and O–H groups in total. The van der Waals surface area contributed by atoms with Crippen molar-refractivity contribution in [2.24, 2.45) is 0 Å². The van der Waals surface area contributed by atoms with E-state index in [9.17, 15) is 9.59 Å². The van der Waals surface area contributed by atoms with E-state index in [4.69, 9.17) is 4.74 Å². The number of aryl methyl sites for hydroxylation is 2. The fraction of sp³-hybridized carbons (Fsp3) is 0.200. The topological polar surface area (TPSA) is 48.3 Å². The molecule has 2 aromatic carbocycles. The largest absolute Gasteiger partial charge is 0.483 e. The molecule has 0 aliphatic carbocycles. The first-order valence-electron chi connectivity index (χ1n) is 7.81. The number of aldehydes is 1. The quantitative estimate of drug-likeness (QED) is 0.680. The monoisotopic (exact) mass is 321 g/mol. The fourth-order valence-electron chi connectivity index (χ4n) is 3.03. The average molecular weight is 321 g/mol. The maximum Gasteiger partial charge on any atom is 0.269 e. The van der Waals surface area contributed by atoms with Crippen LogP contribution < -0.4 is 4.74 Å². The Bertz CT molecular complexity index is 937. The average Bonchev–Trinajstić information content (AvgIpc) is 2.85. The highest BCUT2D eigenvalue weighted by Crippen LogP contribution is 2.25. The van der Waals surface area contributed by atoms with Gasteiger partial charge in [0, 0.05) is 16.6 Å². The summed E-state index contributed by atoms with van der Waals surface area (Å²) in [4.78, 5) is 24.1. The summed E-state index contributed by atoms with van der Waals surface area (Å²) >= 11 is 0. The molecule has 0 saturated heterocycles. The molecule has 0 spiro atoms. The second-order valence-electron chi connectivity index (χ2n) is 5.92. The zero-order chi connectivity index (χ0) is 17.3. The van der Waals surface area contributed by atoms with Gasteiger partial charge < -0.3 is 4.74 Å². The van der Waals surface area contributed by atoms with Gasteiger partial charge in [-0.25, -0.2) is 0 Å². The van der Waals surface area contributed by atoms with Crippen LogP contribution in [-0.4, -0.2) is 23.4 Å². The van der Waals surface area contributed by atoms with Gasteiger partial charge in [-0.2, -0.15) is 0 Å². The van der Waals surface area contributed by atoms with Crippen LogP contribution in [0.5, 0.6) is 5.75 Å². The van der Waals surface area contributed by atoms with Crippen molar-refractivity contribution < 1.29 is 14.3 Å². The molecule has 3 aromatic rings. The molecule has 1 aromatic heterocycles. The smallest absolute Gasteiger partial charge is 0.269 e. The molecule has 24 heavy (non-hydrogen) atoms. The molecule has 4 nitrogen and oxygen atoms in total. The molecule has 1 heterocycles. The maximum atomic E-state index is 12.7. The van der Waals surface area contributed by atoms with Gasteiger partial charge in [0.1, 0.15) is 5.75 Å². The summed E-state index contributed by atoms with van der Waals surface area (Å²) in [5.74, 6) is 0.496. The number of fused-ring (bicyclic) bond motifs is 1. The van der Waals surface area contributed by atoms with E-state index in [1.807, 2.05) is 56.3 Å². The summed E-state index contributed by atoms with van der Waals surface area (Å²) in [6.07, 6.45) is 0.798. The molecule has 0 radical (unpaired) electrons. The second-order valence-corrected chi connectivity index (χ2v) is 5.92. The fourth-order valence-corrected chi connectivity index (χ4v) is 3.03. The summed E-state index contributed by atoms with van der Waals surface area (Å²) in [6, 6.07) is 13.2. The number of carbonyl (C=O) groups is 2. The van der Waals surface area contributed by atoms with Crippen molar-refractivity contribution in [2.75, 3.05) is 6.61 Å². The molecular formula is C20H19NO3. The van der Waals surface area contributed by atoms with Gasteiger partial charge in [-0.3, -0.25) is 14.2 Å². The molecule has 0 atom stereocenters. The molecule has 0 aliphatic rings. The van der Waals surface area contributed by atoms with Crippen molar-refractivity contribution >= 4 is 23.1 Å². The molecule has 0 unspecified atom stereocenters. The minimum absolute atomic E-state index is 0.0816. The molecular weight excluding hydrogens is 302 g/mol. The molecule has 3 rings (SSSR count). The minimum atomic E-state index is -0.197. The van der Waals surface area contributed by atoms with Crippen LogP contribution in [0.1, 0.15) is 32.0 Å². The highest BCUT2D eigenvalue weighted by Gasteiger charge is 2.18. The highest BCUT2D eigenvalue weighted by atomic mass is 16.5. The maximum absolute atomic E-state index is 12.7. The first-order valence-corrected chi connectivity index (χ1v) is 7.81. The number of rotatable bonds is 4. The Kier molecular flexibility index (Phi) is 4.21. The van der Waals surface area contributed by atoms with E-state index in [0.717, 1.165) is 28.3 Å². The third-order valence-corrected chi connectivity index (χ3v) is 4.21. The van der Waals surface area contributed by atoms with Crippen LogP contribution in [0.4, 0.5) is 0 Å². The highest BCUT2D eigenvalue weighted by molar-refractivity contribution is 6.04. The minimum Gasteiger partial charge on any atom is -0.483 e. The molecule has 0 bridgehead atoms. The van der Waals surface area contributed by atoms with E-state index in [1.165, 1.54) is 0 Å². The predicted molar refractivity (Wildman–Crippen MR) is 94.1 cm³/mol. The van der Waals surface area contributed by atoms with E-state index >= 15 is 0 Å². The Morgan fingerprint density at radius 2 is 1.88 bits per heavy atom. The summed E-state index contributed by atoms with van der Waals surface area (Å²) in [7, 11) is 0. The van der Waals surface area contributed by atoms with Gasteiger partial charge in [0.15, 0.2) is 12.9 Å². The van der Waals surface area contributed by atoms with Crippen LogP contribution in [0, 0.1) is 20.8 Å². The Balaban J connectivity index is 1.92. The number of carbonyl (C=O) groups excluding carboxylic acids is 2. The van der Waals surface area contributed by atoms with Crippen LogP contribution in [0.2, 0.25) is 0 Å². The summed E-state index contributed by atoms with van der Waals surface area (Å²) < 4.78 is 7.25. The zero-order valence-electron chi connectivity index (χ0n) is 14.0.